The normalized spacial score (nSPS) is 19.2. The second kappa shape index (κ2) is 10.8. The van der Waals surface area contributed by atoms with E-state index in [0.717, 1.165) is 37.8 Å². The molecule has 0 bridgehead atoms. The number of benzene rings is 2. The van der Waals surface area contributed by atoms with Crippen LogP contribution >= 0.6 is 11.6 Å². The van der Waals surface area contributed by atoms with Crippen molar-refractivity contribution in [3.05, 3.63) is 64.2 Å². The number of hydrogen-bond donors (Lipinski definition) is 2. The number of rotatable bonds is 8. The molecule has 0 atom stereocenters. The molecule has 0 unspecified atom stereocenters. The molecule has 174 valence electrons. The summed E-state index contributed by atoms with van der Waals surface area (Å²) in [5, 5.41) is 6.42. The van der Waals surface area contributed by atoms with Gasteiger partial charge in [0.05, 0.1) is 11.3 Å². The van der Waals surface area contributed by atoms with E-state index in [-0.39, 0.29) is 16.8 Å². The summed E-state index contributed by atoms with van der Waals surface area (Å²) in [4.78, 5) is 12.0. The Morgan fingerprint density at radius 2 is 1.72 bits per heavy atom. The third-order valence-corrected chi connectivity index (χ3v) is 8.54. The summed E-state index contributed by atoms with van der Waals surface area (Å²) >= 11 is 5.91. The molecule has 1 aliphatic rings. The molecule has 0 saturated heterocycles. The number of nitrogens with one attached hydrogen (secondary N) is 2. The highest BCUT2D eigenvalue weighted by Crippen LogP contribution is 2.37. The SMILES string of the molecule is CNCc1cc(CC(=O)NC)ccc1C1CCC(N(C)S(=O)(=O)c2ccc(Cl)cc2)CC1. The van der Waals surface area contributed by atoms with Crippen LogP contribution in [0.5, 0.6) is 0 Å². The van der Waals surface area contributed by atoms with Crippen molar-refractivity contribution in [3.8, 4) is 0 Å². The lowest BCUT2D eigenvalue weighted by Crippen LogP contribution is -2.39. The molecule has 1 amide bonds. The minimum absolute atomic E-state index is 0.00130. The maximum absolute atomic E-state index is 13.0. The number of amides is 1. The largest absolute Gasteiger partial charge is 0.359 e. The summed E-state index contributed by atoms with van der Waals surface area (Å²) < 4.78 is 27.6. The monoisotopic (exact) mass is 477 g/mol. The molecule has 0 radical (unpaired) electrons. The molecular weight excluding hydrogens is 446 g/mol. The van der Waals surface area contributed by atoms with Crippen LogP contribution in [0.15, 0.2) is 47.4 Å². The zero-order valence-corrected chi connectivity index (χ0v) is 20.5. The second-order valence-electron chi connectivity index (χ2n) is 8.39. The van der Waals surface area contributed by atoms with Crippen LogP contribution in [-0.2, 0) is 27.8 Å². The molecule has 1 aliphatic carbocycles. The molecule has 0 aromatic heterocycles. The van der Waals surface area contributed by atoms with Crippen molar-refractivity contribution in [3.63, 3.8) is 0 Å². The third-order valence-electron chi connectivity index (χ3n) is 6.36. The van der Waals surface area contributed by atoms with E-state index in [9.17, 15) is 13.2 Å². The first kappa shape index (κ1) is 24.7. The van der Waals surface area contributed by atoms with Crippen LogP contribution in [0.3, 0.4) is 0 Å². The minimum Gasteiger partial charge on any atom is -0.359 e. The highest BCUT2D eigenvalue weighted by atomic mass is 35.5. The molecule has 0 heterocycles. The van der Waals surface area contributed by atoms with E-state index in [1.807, 2.05) is 13.1 Å². The molecule has 0 spiro atoms. The maximum Gasteiger partial charge on any atom is 0.243 e. The highest BCUT2D eigenvalue weighted by molar-refractivity contribution is 7.89. The first-order chi connectivity index (χ1) is 15.3. The maximum atomic E-state index is 13.0. The van der Waals surface area contributed by atoms with E-state index in [1.54, 1.807) is 38.4 Å². The molecule has 1 saturated carbocycles. The molecule has 6 nitrogen and oxygen atoms in total. The quantitative estimate of drug-likeness (QED) is 0.607. The molecule has 0 aliphatic heterocycles. The van der Waals surface area contributed by atoms with E-state index in [4.69, 9.17) is 11.6 Å². The van der Waals surface area contributed by atoms with Gasteiger partial charge in [0.25, 0.3) is 0 Å². The van der Waals surface area contributed by atoms with E-state index < -0.39 is 10.0 Å². The Kier molecular flexibility index (Phi) is 8.33. The number of hydrogen-bond acceptors (Lipinski definition) is 4. The van der Waals surface area contributed by atoms with Crippen LogP contribution < -0.4 is 10.6 Å². The van der Waals surface area contributed by atoms with Gasteiger partial charge in [0.15, 0.2) is 0 Å². The fourth-order valence-corrected chi connectivity index (χ4v) is 6.05. The van der Waals surface area contributed by atoms with Gasteiger partial charge in [-0.3, -0.25) is 4.79 Å². The standard InChI is InChI=1S/C24H32ClN3O3S/c1-26-16-19-14-17(15-24(29)27-2)4-13-23(19)18-5-9-21(10-6-18)28(3)32(30,31)22-11-7-20(25)8-12-22/h4,7-8,11-14,18,21,26H,5-6,9-10,15-16H2,1-3H3,(H,27,29). The van der Waals surface area contributed by atoms with Crippen LogP contribution in [-0.4, -0.2) is 45.8 Å². The Labute approximate surface area is 196 Å². The van der Waals surface area contributed by atoms with E-state index in [2.05, 4.69) is 22.8 Å². The Morgan fingerprint density at radius 1 is 1.06 bits per heavy atom. The van der Waals surface area contributed by atoms with Gasteiger partial charge >= 0.3 is 0 Å². The van der Waals surface area contributed by atoms with Gasteiger partial charge in [0.1, 0.15) is 0 Å². The minimum atomic E-state index is -3.55. The molecule has 3 rings (SSSR count). The third kappa shape index (κ3) is 5.70. The Balaban J connectivity index is 1.70. The smallest absolute Gasteiger partial charge is 0.243 e. The van der Waals surface area contributed by atoms with Crippen molar-refractivity contribution >= 4 is 27.5 Å². The van der Waals surface area contributed by atoms with Crippen molar-refractivity contribution in [2.24, 2.45) is 0 Å². The van der Waals surface area contributed by atoms with Gasteiger partial charge < -0.3 is 10.6 Å². The van der Waals surface area contributed by atoms with Crippen molar-refractivity contribution in [2.45, 2.75) is 55.5 Å². The molecule has 8 heteroatoms. The predicted octanol–water partition coefficient (Wildman–Crippen LogP) is 3.69. The lowest BCUT2D eigenvalue weighted by molar-refractivity contribution is -0.119. The van der Waals surface area contributed by atoms with Gasteiger partial charge in [-0.05, 0) is 79.6 Å². The highest BCUT2D eigenvalue weighted by Gasteiger charge is 2.32. The summed E-state index contributed by atoms with van der Waals surface area (Å²) in [6.45, 7) is 0.738. The average Bonchev–Trinajstić information content (AvgIpc) is 2.79. The molecular formula is C24H32ClN3O3S. The van der Waals surface area contributed by atoms with E-state index in [0.29, 0.717) is 17.4 Å². The Morgan fingerprint density at radius 3 is 2.31 bits per heavy atom. The number of halogens is 1. The zero-order valence-electron chi connectivity index (χ0n) is 18.9. The van der Waals surface area contributed by atoms with Gasteiger partial charge in [-0.25, -0.2) is 8.42 Å². The summed E-state index contributed by atoms with van der Waals surface area (Å²) in [5.74, 6) is 0.383. The number of likely N-dealkylation sites (N-methyl/N-ethyl adjacent to an activating group) is 1. The Bertz CT molecular complexity index is 1030. The first-order valence-corrected chi connectivity index (χ1v) is 12.8. The van der Waals surface area contributed by atoms with Gasteiger partial charge in [-0.15, -0.1) is 0 Å². The number of nitrogens with zero attached hydrogens (tertiary/aromatic N) is 1. The summed E-state index contributed by atoms with van der Waals surface area (Å²) in [5.41, 5.74) is 3.50. The molecule has 2 N–H and O–H groups in total. The number of carbonyl (C=O) groups is 1. The lowest BCUT2D eigenvalue weighted by atomic mass is 9.79. The molecule has 1 fully saturated rings. The van der Waals surface area contributed by atoms with Crippen molar-refractivity contribution in [1.29, 1.82) is 0 Å². The average molecular weight is 478 g/mol. The number of carbonyl (C=O) groups excluding carboxylic acids is 1. The predicted molar refractivity (Wildman–Crippen MR) is 128 cm³/mol. The lowest BCUT2D eigenvalue weighted by Gasteiger charge is -2.35. The van der Waals surface area contributed by atoms with Crippen molar-refractivity contribution < 1.29 is 13.2 Å². The molecule has 2 aromatic carbocycles. The van der Waals surface area contributed by atoms with Crippen LogP contribution in [0.1, 0.15) is 48.3 Å². The van der Waals surface area contributed by atoms with Gasteiger partial charge in [-0.1, -0.05) is 29.8 Å². The van der Waals surface area contributed by atoms with Crippen LogP contribution in [0, 0.1) is 0 Å². The van der Waals surface area contributed by atoms with Gasteiger partial charge in [0, 0.05) is 31.7 Å². The first-order valence-electron chi connectivity index (χ1n) is 11.0. The van der Waals surface area contributed by atoms with Gasteiger partial charge in [-0.2, -0.15) is 4.31 Å². The van der Waals surface area contributed by atoms with Crippen LogP contribution in [0.2, 0.25) is 5.02 Å². The summed E-state index contributed by atoms with van der Waals surface area (Å²) in [6, 6.07) is 12.6. The van der Waals surface area contributed by atoms with Crippen molar-refractivity contribution in [1.82, 2.24) is 14.9 Å². The van der Waals surface area contributed by atoms with Gasteiger partial charge in [0.2, 0.25) is 15.9 Å². The van der Waals surface area contributed by atoms with E-state index in [1.165, 1.54) is 15.4 Å². The van der Waals surface area contributed by atoms with Crippen LogP contribution in [0.4, 0.5) is 0 Å². The van der Waals surface area contributed by atoms with E-state index >= 15 is 0 Å². The topological polar surface area (TPSA) is 78.5 Å². The summed E-state index contributed by atoms with van der Waals surface area (Å²) in [7, 11) is 1.69. The van der Waals surface area contributed by atoms with Crippen molar-refractivity contribution in [2.75, 3.05) is 21.1 Å². The second-order valence-corrected chi connectivity index (χ2v) is 10.8. The fraction of sp³-hybridized carbons (Fsp3) is 0.458. The summed E-state index contributed by atoms with van der Waals surface area (Å²) in [6.07, 6.45) is 3.85. The zero-order chi connectivity index (χ0) is 23.3. The number of sulfonamides is 1. The molecule has 32 heavy (non-hydrogen) atoms. The fourth-order valence-electron chi connectivity index (χ4n) is 4.50. The Hall–Kier alpha value is -1.93. The molecule has 2 aromatic rings. The van der Waals surface area contributed by atoms with Crippen LogP contribution in [0.25, 0.3) is 0 Å².